The molecule has 1 aromatic rings. The first-order valence-electron chi connectivity index (χ1n) is 8.97. The predicted octanol–water partition coefficient (Wildman–Crippen LogP) is 2.18. The summed E-state index contributed by atoms with van der Waals surface area (Å²) in [5.74, 6) is -1.40. The Kier molecular flexibility index (Phi) is 5.88. The van der Waals surface area contributed by atoms with Gasteiger partial charge in [-0.2, -0.15) is 0 Å². The number of imide groups is 1. The lowest BCUT2D eigenvalue weighted by molar-refractivity contribution is -0.141. The quantitative estimate of drug-likeness (QED) is 0.641. The highest BCUT2D eigenvalue weighted by Crippen LogP contribution is 2.32. The molecule has 0 aromatic heterocycles. The SMILES string of the molecule is COC(OC)C1CCN(c2ccc(F)c(C3CCC(=O)NC3=O)c2)CC1. The van der Waals surface area contributed by atoms with E-state index in [1.807, 2.05) is 0 Å². The molecule has 1 aromatic carbocycles. The molecular weight excluding hydrogens is 339 g/mol. The van der Waals surface area contributed by atoms with Gasteiger partial charge in [0.1, 0.15) is 5.82 Å². The van der Waals surface area contributed by atoms with Crippen LogP contribution in [0.5, 0.6) is 0 Å². The molecule has 3 rings (SSSR count). The molecule has 0 bridgehead atoms. The van der Waals surface area contributed by atoms with E-state index >= 15 is 0 Å². The van der Waals surface area contributed by atoms with Crippen LogP contribution in [-0.2, 0) is 19.1 Å². The van der Waals surface area contributed by atoms with Crippen LogP contribution in [0.3, 0.4) is 0 Å². The van der Waals surface area contributed by atoms with Crippen LogP contribution in [0.25, 0.3) is 0 Å². The van der Waals surface area contributed by atoms with Crippen molar-refractivity contribution >= 4 is 17.5 Å². The van der Waals surface area contributed by atoms with Gasteiger partial charge in [-0.15, -0.1) is 0 Å². The number of carbonyl (C=O) groups is 2. The van der Waals surface area contributed by atoms with Crippen LogP contribution >= 0.6 is 0 Å². The van der Waals surface area contributed by atoms with Crippen LogP contribution in [-0.4, -0.2) is 45.4 Å². The van der Waals surface area contributed by atoms with E-state index in [2.05, 4.69) is 10.2 Å². The van der Waals surface area contributed by atoms with Gasteiger partial charge in [0, 0.05) is 50.9 Å². The second kappa shape index (κ2) is 8.14. The molecule has 7 heteroatoms. The molecule has 26 heavy (non-hydrogen) atoms. The zero-order valence-electron chi connectivity index (χ0n) is 15.2. The topological polar surface area (TPSA) is 67.9 Å². The number of ether oxygens (including phenoxy) is 2. The third-order valence-electron chi connectivity index (χ3n) is 5.35. The average molecular weight is 364 g/mol. The Balaban J connectivity index is 1.72. The van der Waals surface area contributed by atoms with Crippen LogP contribution in [0.15, 0.2) is 18.2 Å². The highest BCUT2D eigenvalue weighted by molar-refractivity contribution is 6.01. The fraction of sp³-hybridized carbons (Fsp3) is 0.579. The summed E-state index contributed by atoms with van der Waals surface area (Å²) in [6.45, 7) is 1.63. The van der Waals surface area contributed by atoms with Crippen molar-refractivity contribution in [2.45, 2.75) is 37.9 Å². The minimum Gasteiger partial charge on any atom is -0.371 e. The Labute approximate surface area is 152 Å². The molecule has 2 aliphatic heterocycles. The van der Waals surface area contributed by atoms with E-state index in [-0.39, 0.29) is 18.6 Å². The number of hydrogen-bond donors (Lipinski definition) is 1. The molecule has 2 amide bonds. The van der Waals surface area contributed by atoms with E-state index in [0.29, 0.717) is 17.9 Å². The van der Waals surface area contributed by atoms with Gasteiger partial charge in [-0.05, 0) is 37.5 Å². The number of nitrogens with one attached hydrogen (secondary N) is 1. The molecule has 0 spiro atoms. The monoisotopic (exact) mass is 364 g/mol. The molecule has 0 radical (unpaired) electrons. The van der Waals surface area contributed by atoms with Gasteiger partial charge in [-0.25, -0.2) is 4.39 Å². The molecule has 1 unspecified atom stereocenters. The van der Waals surface area contributed by atoms with Crippen molar-refractivity contribution < 1.29 is 23.5 Å². The van der Waals surface area contributed by atoms with Crippen LogP contribution < -0.4 is 10.2 Å². The maximum absolute atomic E-state index is 14.3. The minimum atomic E-state index is -0.614. The van der Waals surface area contributed by atoms with Crippen molar-refractivity contribution in [3.05, 3.63) is 29.6 Å². The third kappa shape index (κ3) is 3.88. The highest BCUT2D eigenvalue weighted by Gasteiger charge is 2.31. The van der Waals surface area contributed by atoms with Crippen LogP contribution in [0, 0.1) is 11.7 Å². The summed E-state index contributed by atoms with van der Waals surface area (Å²) < 4.78 is 25.0. The fourth-order valence-electron chi connectivity index (χ4n) is 3.90. The molecule has 2 heterocycles. The summed E-state index contributed by atoms with van der Waals surface area (Å²) in [5.41, 5.74) is 1.26. The summed E-state index contributed by atoms with van der Waals surface area (Å²) in [6.07, 6.45) is 2.20. The molecule has 0 saturated carbocycles. The Morgan fingerprint density at radius 1 is 1.15 bits per heavy atom. The lowest BCUT2D eigenvalue weighted by atomic mass is 9.89. The van der Waals surface area contributed by atoms with Crippen molar-refractivity contribution in [1.82, 2.24) is 5.32 Å². The smallest absolute Gasteiger partial charge is 0.234 e. The summed E-state index contributed by atoms with van der Waals surface area (Å²) in [5, 5.41) is 2.30. The summed E-state index contributed by atoms with van der Waals surface area (Å²) >= 11 is 0. The van der Waals surface area contributed by atoms with Crippen molar-refractivity contribution in [2.24, 2.45) is 5.92 Å². The van der Waals surface area contributed by atoms with Gasteiger partial charge >= 0.3 is 0 Å². The lowest BCUT2D eigenvalue weighted by Gasteiger charge is -2.36. The lowest BCUT2D eigenvalue weighted by Crippen LogP contribution is -2.40. The maximum atomic E-state index is 14.3. The highest BCUT2D eigenvalue weighted by atomic mass is 19.1. The molecule has 1 atom stereocenters. The van der Waals surface area contributed by atoms with Gasteiger partial charge in [-0.1, -0.05) is 0 Å². The zero-order valence-corrected chi connectivity index (χ0v) is 15.2. The second-order valence-corrected chi connectivity index (χ2v) is 6.87. The number of rotatable bonds is 5. The molecule has 0 aliphatic carbocycles. The minimum absolute atomic E-state index is 0.204. The molecule has 2 saturated heterocycles. The number of methoxy groups -OCH3 is 2. The van der Waals surface area contributed by atoms with E-state index in [1.54, 1.807) is 26.4 Å². The zero-order chi connectivity index (χ0) is 18.7. The van der Waals surface area contributed by atoms with E-state index in [4.69, 9.17) is 9.47 Å². The fourth-order valence-corrected chi connectivity index (χ4v) is 3.90. The summed E-state index contributed by atoms with van der Waals surface area (Å²) in [6, 6.07) is 4.91. The molecule has 6 nitrogen and oxygen atoms in total. The van der Waals surface area contributed by atoms with Crippen LogP contribution in [0.2, 0.25) is 0 Å². The van der Waals surface area contributed by atoms with Gasteiger partial charge in [0.25, 0.3) is 0 Å². The summed E-state index contributed by atoms with van der Waals surface area (Å²) in [4.78, 5) is 25.6. The van der Waals surface area contributed by atoms with Gasteiger partial charge in [0.05, 0.1) is 5.92 Å². The van der Waals surface area contributed by atoms with E-state index in [9.17, 15) is 14.0 Å². The Morgan fingerprint density at radius 3 is 2.46 bits per heavy atom. The van der Waals surface area contributed by atoms with Crippen molar-refractivity contribution in [2.75, 3.05) is 32.2 Å². The first-order chi connectivity index (χ1) is 12.5. The number of hydrogen-bond acceptors (Lipinski definition) is 5. The van der Waals surface area contributed by atoms with E-state index in [0.717, 1.165) is 31.6 Å². The number of benzene rings is 1. The number of amides is 2. The van der Waals surface area contributed by atoms with Crippen molar-refractivity contribution in [3.63, 3.8) is 0 Å². The predicted molar refractivity (Wildman–Crippen MR) is 94.3 cm³/mol. The first-order valence-corrected chi connectivity index (χ1v) is 8.97. The normalized spacial score (nSPS) is 22.0. The average Bonchev–Trinajstić information content (AvgIpc) is 2.64. The number of nitrogens with zero attached hydrogens (tertiary/aromatic N) is 1. The number of piperidine rings is 2. The third-order valence-corrected chi connectivity index (χ3v) is 5.35. The number of anilines is 1. The first kappa shape index (κ1) is 18.8. The standard InChI is InChI=1S/C19H25FN2O4/c1-25-19(26-2)12-7-9-22(10-8-12)13-3-5-16(20)15(11-13)14-4-6-17(23)21-18(14)24/h3,5,11-12,14,19H,4,6-10H2,1-2H3,(H,21,23,24). The number of halogens is 1. The van der Waals surface area contributed by atoms with E-state index in [1.165, 1.54) is 6.07 Å². The van der Waals surface area contributed by atoms with Gasteiger partial charge < -0.3 is 14.4 Å². The van der Waals surface area contributed by atoms with Gasteiger partial charge in [0.15, 0.2) is 6.29 Å². The molecule has 2 aliphatic rings. The van der Waals surface area contributed by atoms with Gasteiger partial charge in [-0.3, -0.25) is 14.9 Å². The molecule has 2 fully saturated rings. The number of carbonyl (C=O) groups excluding carboxylic acids is 2. The van der Waals surface area contributed by atoms with E-state index < -0.39 is 17.6 Å². The molecule has 1 N–H and O–H groups in total. The van der Waals surface area contributed by atoms with Crippen LogP contribution in [0.4, 0.5) is 10.1 Å². The maximum Gasteiger partial charge on any atom is 0.234 e. The van der Waals surface area contributed by atoms with Crippen molar-refractivity contribution in [1.29, 1.82) is 0 Å². The largest absolute Gasteiger partial charge is 0.371 e. The summed E-state index contributed by atoms with van der Waals surface area (Å²) in [7, 11) is 3.29. The molecular formula is C19H25FN2O4. The van der Waals surface area contributed by atoms with Crippen LogP contribution in [0.1, 0.15) is 37.2 Å². The van der Waals surface area contributed by atoms with Crippen molar-refractivity contribution in [3.8, 4) is 0 Å². The molecule has 142 valence electrons. The Hall–Kier alpha value is -1.99. The Bertz CT molecular complexity index is 670. The van der Waals surface area contributed by atoms with Gasteiger partial charge in [0.2, 0.25) is 11.8 Å². The Morgan fingerprint density at radius 2 is 1.85 bits per heavy atom. The second-order valence-electron chi connectivity index (χ2n) is 6.87.